The molecule has 0 spiro atoms. The van der Waals surface area contributed by atoms with Crippen LogP contribution in [-0.2, 0) is 11.2 Å². The molecule has 86 valence electrons. The van der Waals surface area contributed by atoms with E-state index in [1.165, 1.54) is 5.56 Å². The lowest BCUT2D eigenvalue weighted by Crippen LogP contribution is -2.12. The molecule has 0 bridgehead atoms. The van der Waals surface area contributed by atoms with Gasteiger partial charge in [-0.2, -0.15) is 0 Å². The van der Waals surface area contributed by atoms with Gasteiger partial charge in [0.05, 0.1) is 0 Å². The minimum absolute atomic E-state index is 0.0640. The van der Waals surface area contributed by atoms with E-state index < -0.39 is 5.97 Å². The first kappa shape index (κ1) is 12.6. The van der Waals surface area contributed by atoms with Gasteiger partial charge in [0.2, 0.25) is 0 Å². The summed E-state index contributed by atoms with van der Waals surface area (Å²) in [4.78, 5) is 10.3. The van der Waals surface area contributed by atoms with Gasteiger partial charge in [-0.25, -0.2) is 0 Å². The molecule has 0 fully saturated rings. The molecule has 1 rings (SSSR count). The van der Waals surface area contributed by atoms with E-state index in [1.54, 1.807) is 0 Å². The van der Waals surface area contributed by atoms with Crippen LogP contribution < -0.4 is 5.32 Å². The SMILES string of the molecule is O=C(O)CNc1ccc(CC=CCCl)cc1. The Balaban J connectivity index is 2.47. The van der Waals surface area contributed by atoms with E-state index in [9.17, 15) is 4.79 Å². The lowest BCUT2D eigenvalue weighted by molar-refractivity contribution is -0.134. The highest BCUT2D eigenvalue weighted by Crippen LogP contribution is 2.10. The Morgan fingerprint density at radius 3 is 2.56 bits per heavy atom. The average Bonchev–Trinajstić information content (AvgIpc) is 2.28. The summed E-state index contributed by atoms with van der Waals surface area (Å²) in [6.07, 6.45) is 4.75. The molecule has 0 aliphatic carbocycles. The fraction of sp³-hybridized carbons (Fsp3) is 0.250. The highest BCUT2D eigenvalue weighted by Gasteiger charge is 1.96. The van der Waals surface area contributed by atoms with Crippen molar-refractivity contribution in [3.63, 3.8) is 0 Å². The van der Waals surface area contributed by atoms with Crippen LogP contribution in [-0.4, -0.2) is 23.5 Å². The topological polar surface area (TPSA) is 49.3 Å². The van der Waals surface area contributed by atoms with Gasteiger partial charge in [-0.15, -0.1) is 11.6 Å². The standard InChI is InChI=1S/C12H14ClNO2/c13-8-2-1-3-10-4-6-11(7-5-10)14-9-12(15)16/h1-2,4-7,14H,3,8-9H2,(H,15,16). The van der Waals surface area contributed by atoms with Crippen molar-refractivity contribution in [3.8, 4) is 0 Å². The fourth-order valence-corrected chi connectivity index (χ4v) is 1.34. The highest BCUT2D eigenvalue weighted by molar-refractivity contribution is 6.18. The number of carboxylic acid groups (broad SMARTS) is 1. The number of carboxylic acids is 1. The number of nitrogens with one attached hydrogen (secondary N) is 1. The molecule has 0 atom stereocenters. The molecule has 1 aromatic rings. The molecule has 0 amide bonds. The van der Waals surface area contributed by atoms with Crippen molar-refractivity contribution in [1.29, 1.82) is 0 Å². The first-order valence-corrected chi connectivity index (χ1v) is 5.51. The number of halogens is 1. The second kappa shape index (κ2) is 6.90. The van der Waals surface area contributed by atoms with Crippen molar-refractivity contribution in [3.05, 3.63) is 42.0 Å². The number of allylic oxidation sites excluding steroid dienone is 2. The van der Waals surface area contributed by atoms with Crippen LogP contribution in [0.4, 0.5) is 5.69 Å². The second-order valence-electron chi connectivity index (χ2n) is 3.27. The molecule has 16 heavy (non-hydrogen) atoms. The van der Waals surface area contributed by atoms with Crippen LogP contribution >= 0.6 is 11.6 Å². The molecule has 1 aromatic carbocycles. The normalized spacial score (nSPS) is 10.6. The van der Waals surface area contributed by atoms with Crippen LogP contribution in [0, 0.1) is 0 Å². The molecule has 3 nitrogen and oxygen atoms in total. The predicted molar refractivity (Wildman–Crippen MR) is 66.1 cm³/mol. The van der Waals surface area contributed by atoms with Crippen LogP contribution in [0.15, 0.2) is 36.4 Å². The first-order valence-electron chi connectivity index (χ1n) is 4.98. The Hall–Kier alpha value is -1.48. The predicted octanol–water partition coefficient (Wildman–Crippen LogP) is 2.52. The molecule has 0 saturated carbocycles. The van der Waals surface area contributed by atoms with Crippen molar-refractivity contribution >= 4 is 23.3 Å². The number of aliphatic carboxylic acids is 1. The molecular weight excluding hydrogens is 226 g/mol. The Kier molecular flexibility index (Phi) is 5.43. The van der Waals surface area contributed by atoms with Crippen molar-refractivity contribution in [1.82, 2.24) is 0 Å². The molecule has 0 unspecified atom stereocenters. The van der Waals surface area contributed by atoms with Gasteiger partial charge in [0.25, 0.3) is 0 Å². The van der Waals surface area contributed by atoms with Crippen molar-refractivity contribution in [2.45, 2.75) is 6.42 Å². The summed E-state index contributed by atoms with van der Waals surface area (Å²) >= 11 is 5.51. The maximum absolute atomic E-state index is 10.3. The van der Waals surface area contributed by atoms with Crippen molar-refractivity contribution < 1.29 is 9.90 Å². The van der Waals surface area contributed by atoms with Crippen LogP contribution in [0.1, 0.15) is 5.56 Å². The number of rotatable bonds is 6. The van der Waals surface area contributed by atoms with Crippen LogP contribution in [0.3, 0.4) is 0 Å². The molecule has 2 N–H and O–H groups in total. The Labute approximate surface area is 99.7 Å². The smallest absolute Gasteiger partial charge is 0.322 e. The molecule has 0 aliphatic rings. The lowest BCUT2D eigenvalue weighted by Gasteiger charge is -2.03. The quantitative estimate of drug-likeness (QED) is 0.593. The third-order valence-electron chi connectivity index (χ3n) is 2.01. The van der Waals surface area contributed by atoms with Crippen LogP contribution in [0.25, 0.3) is 0 Å². The van der Waals surface area contributed by atoms with Crippen molar-refractivity contribution in [2.24, 2.45) is 0 Å². The zero-order chi connectivity index (χ0) is 11.8. The maximum atomic E-state index is 10.3. The Bertz CT molecular complexity index is 360. The average molecular weight is 240 g/mol. The number of alkyl halides is 1. The zero-order valence-corrected chi connectivity index (χ0v) is 9.57. The van der Waals surface area contributed by atoms with E-state index in [1.807, 2.05) is 36.4 Å². The van der Waals surface area contributed by atoms with Gasteiger partial charge in [-0.1, -0.05) is 24.3 Å². The van der Waals surface area contributed by atoms with E-state index in [-0.39, 0.29) is 6.54 Å². The number of carbonyl (C=O) groups is 1. The summed E-state index contributed by atoms with van der Waals surface area (Å²) in [6.45, 7) is -0.0640. The zero-order valence-electron chi connectivity index (χ0n) is 8.82. The number of benzene rings is 1. The van der Waals surface area contributed by atoms with Gasteiger partial charge in [0, 0.05) is 11.6 Å². The molecule has 0 aliphatic heterocycles. The summed E-state index contributed by atoms with van der Waals surface area (Å²) < 4.78 is 0. The number of hydrogen-bond donors (Lipinski definition) is 2. The highest BCUT2D eigenvalue weighted by atomic mass is 35.5. The number of anilines is 1. The van der Waals surface area contributed by atoms with Gasteiger partial charge in [-0.3, -0.25) is 4.79 Å². The van der Waals surface area contributed by atoms with Gasteiger partial charge in [0.1, 0.15) is 6.54 Å². The summed E-state index contributed by atoms with van der Waals surface area (Å²) in [5.41, 5.74) is 1.98. The van der Waals surface area contributed by atoms with Gasteiger partial charge in [0.15, 0.2) is 0 Å². The van der Waals surface area contributed by atoms with Gasteiger partial charge in [-0.05, 0) is 24.1 Å². The maximum Gasteiger partial charge on any atom is 0.322 e. The molecule has 4 heteroatoms. The minimum atomic E-state index is -0.867. The van der Waals surface area contributed by atoms with Crippen molar-refractivity contribution in [2.75, 3.05) is 17.7 Å². The number of hydrogen-bond acceptors (Lipinski definition) is 2. The third-order valence-corrected chi connectivity index (χ3v) is 2.19. The molecule has 0 heterocycles. The molecule has 0 saturated heterocycles. The Morgan fingerprint density at radius 2 is 2.00 bits per heavy atom. The molecular formula is C12H14ClNO2. The van der Waals surface area contributed by atoms with Crippen LogP contribution in [0.5, 0.6) is 0 Å². The van der Waals surface area contributed by atoms with Crippen LogP contribution in [0.2, 0.25) is 0 Å². The minimum Gasteiger partial charge on any atom is -0.480 e. The van der Waals surface area contributed by atoms with E-state index in [4.69, 9.17) is 16.7 Å². The third kappa shape index (κ3) is 4.84. The lowest BCUT2D eigenvalue weighted by atomic mass is 10.1. The van der Waals surface area contributed by atoms with E-state index >= 15 is 0 Å². The summed E-state index contributed by atoms with van der Waals surface area (Å²) in [5.74, 6) is -0.341. The van der Waals surface area contributed by atoms with E-state index in [2.05, 4.69) is 5.32 Å². The van der Waals surface area contributed by atoms with Gasteiger partial charge >= 0.3 is 5.97 Å². The van der Waals surface area contributed by atoms with Gasteiger partial charge < -0.3 is 10.4 Å². The summed E-state index contributed by atoms with van der Waals surface area (Å²) in [5, 5.41) is 11.3. The first-order chi connectivity index (χ1) is 7.72. The Morgan fingerprint density at radius 1 is 1.31 bits per heavy atom. The monoisotopic (exact) mass is 239 g/mol. The largest absolute Gasteiger partial charge is 0.480 e. The summed E-state index contributed by atoms with van der Waals surface area (Å²) in [6, 6.07) is 7.66. The second-order valence-corrected chi connectivity index (χ2v) is 3.58. The molecule has 0 aromatic heterocycles. The van der Waals surface area contributed by atoms with E-state index in [0.29, 0.717) is 5.88 Å². The summed E-state index contributed by atoms with van der Waals surface area (Å²) in [7, 11) is 0. The molecule has 0 radical (unpaired) electrons. The fourth-order valence-electron chi connectivity index (χ4n) is 1.22. The van der Waals surface area contributed by atoms with E-state index in [0.717, 1.165) is 12.1 Å².